The Morgan fingerprint density at radius 3 is 2.44 bits per heavy atom. The fourth-order valence-corrected chi connectivity index (χ4v) is 2.70. The third-order valence-electron chi connectivity index (χ3n) is 4.18. The highest BCUT2D eigenvalue weighted by Gasteiger charge is 2.09. The lowest BCUT2D eigenvalue weighted by atomic mass is 10.0. The molecule has 0 aromatic heterocycles. The molecule has 0 amide bonds. The van der Waals surface area contributed by atoms with Crippen LogP contribution in [0.2, 0.25) is 0 Å². The molecular formula is C22H27NO4. The maximum Gasteiger partial charge on any atom is 0.328 e. The predicted octanol–water partition coefficient (Wildman–Crippen LogP) is 3.14. The zero-order valence-corrected chi connectivity index (χ0v) is 15.8. The predicted molar refractivity (Wildman–Crippen MR) is 107 cm³/mol. The third-order valence-corrected chi connectivity index (χ3v) is 4.18. The van der Waals surface area contributed by atoms with Gasteiger partial charge in [-0.25, -0.2) is 4.79 Å². The number of allylic oxidation sites excluding steroid dienone is 1. The molecule has 5 heteroatoms. The van der Waals surface area contributed by atoms with Crippen molar-refractivity contribution in [1.82, 2.24) is 5.32 Å². The lowest BCUT2D eigenvalue weighted by Gasteiger charge is -2.18. The normalized spacial score (nSPS) is 13.8. The highest BCUT2D eigenvalue weighted by Crippen LogP contribution is 2.15. The maximum atomic E-state index is 10.7. The molecule has 0 radical (unpaired) electrons. The highest BCUT2D eigenvalue weighted by atomic mass is 16.5. The van der Waals surface area contributed by atoms with Crippen molar-refractivity contribution in [2.24, 2.45) is 0 Å². The van der Waals surface area contributed by atoms with Crippen LogP contribution in [-0.2, 0) is 11.2 Å². The summed E-state index contributed by atoms with van der Waals surface area (Å²) in [6.45, 7) is 4.54. The van der Waals surface area contributed by atoms with Crippen molar-refractivity contribution in [1.29, 1.82) is 0 Å². The number of carboxylic acids is 1. The Morgan fingerprint density at radius 2 is 1.81 bits per heavy atom. The van der Waals surface area contributed by atoms with Crippen molar-refractivity contribution in [3.8, 4) is 5.75 Å². The Balaban J connectivity index is 1.75. The van der Waals surface area contributed by atoms with Crippen LogP contribution in [0, 0.1) is 0 Å². The molecule has 144 valence electrons. The Labute approximate surface area is 160 Å². The summed E-state index contributed by atoms with van der Waals surface area (Å²) in [6, 6.07) is 17.5. The number of para-hydroxylation sites is 1. The molecule has 3 N–H and O–H groups in total. The molecule has 0 spiro atoms. The van der Waals surface area contributed by atoms with E-state index >= 15 is 0 Å². The van der Waals surface area contributed by atoms with Crippen molar-refractivity contribution in [3.63, 3.8) is 0 Å². The first-order valence-electron chi connectivity index (χ1n) is 9.04. The monoisotopic (exact) mass is 369 g/mol. The van der Waals surface area contributed by atoms with E-state index in [1.54, 1.807) is 6.92 Å². The highest BCUT2D eigenvalue weighted by molar-refractivity contribution is 5.89. The Bertz CT molecular complexity index is 741. The molecule has 5 nitrogen and oxygen atoms in total. The molecule has 2 rings (SSSR count). The van der Waals surface area contributed by atoms with Gasteiger partial charge < -0.3 is 20.3 Å². The van der Waals surface area contributed by atoms with Crippen LogP contribution in [-0.4, -0.2) is 41.5 Å². The summed E-state index contributed by atoms with van der Waals surface area (Å²) in [7, 11) is 0. The number of carboxylic acid groups (broad SMARTS) is 1. The number of ether oxygens (including phenoxy) is 1. The minimum absolute atomic E-state index is 0.192. The van der Waals surface area contributed by atoms with Gasteiger partial charge >= 0.3 is 5.97 Å². The molecule has 27 heavy (non-hydrogen) atoms. The summed E-state index contributed by atoms with van der Waals surface area (Å²) in [5.74, 6) is -0.193. The Morgan fingerprint density at radius 1 is 1.15 bits per heavy atom. The Kier molecular flexibility index (Phi) is 8.04. The summed E-state index contributed by atoms with van der Waals surface area (Å²) in [4.78, 5) is 10.7. The Hall–Kier alpha value is -2.63. The first kappa shape index (κ1) is 20.7. The number of nitrogens with one attached hydrogen (secondary N) is 1. The minimum atomic E-state index is -0.941. The van der Waals surface area contributed by atoms with Gasteiger partial charge in [0, 0.05) is 18.7 Å². The number of hydrogen-bond donors (Lipinski definition) is 3. The molecule has 2 aromatic rings. The lowest BCUT2D eigenvalue weighted by Crippen LogP contribution is -2.37. The number of aliphatic hydroxyl groups is 1. The van der Waals surface area contributed by atoms with E-state index in [4.69, 9.17) is 9.84 Å². The minimum Gasteiger partial charge on any atom is -0.491 e. The van der Waals surface area contributed by atoms with Gasteiger partial charge in [-0.15, -0.1) is 0 Å². The molecule has 0 heterocycles. The number of aliphatic hydroxyl groups excluding tert-OH is 1. The van der Waals surface area contributed by atoms with Gasteiger partial charge in [-0.1, -0.05) is 42.5 Å². The second kappa shape index (κ2) is 10.5. The van der Waals surface area contributed by atoms with Crippen molar-refractivity contribution >= 4 is 11.5 Å². The number of benzene rings is 2. The molecule has 2 aromatic carbocycles. The quantitative estimate of drug-likeness (QED) is 0.561. The summed E-state index contributed by atoms with van der Waals surface area (Å²) in [5, 5.41) is 22.2. The van der Waals surface area contributed by atoms with Gasteiger partial charge in [0.05, 0.1) is 0 Å². The molecule has 0 aliphatic carbocycles. The summed E-state index contributed by atoms with van der Waals surface area (Å²) >= 11 is 0. The SMILES string of the molecule is C/C(=C\C(=O)O)c1ccc(C[C@@H](C)NCC(O)COc2ccccc2)cc1. The van der Waals surface area contributed by atoms with Crippen molar-refractivity contribution in [2.45, 2.75) is 32.4 Å². The number of hydrogen-bond acceptors (Lipinski definition) is 4. The van der Waals surface area contributed by atoms with Gasteiger partial charge in [0.2, 0.25) is 0 Å². The van der Waals surface area contributed by atoms with E-state index in [0.29, 0.717) is 6.54 Å². The van der Waals surface area contributed by atoms with E-state index in [-0.39, 0.29) is 12.6 Å². The maximum absolute atomic E-state index is 10.7. The number of rotatable bonds is 10. The van der Waals surface area contributed by atoms with Crippen LogP contribution in [0.4, 0.5) is 0 Å². The van der Waals surface area contributed by atoms with Crippen LogP contribution >= 0.6 is 0 Å². The van der Waals surface area contributed by atoms with E-state index in [1.165, 1.54) is 6.08 Å². The molecule has 0 aliphatic rings. The van der Waals surface area contributed by atoms with E-state index in [0.717, 1.165) is 28.9 Å². The lowest BCUT2D eigenvalue weighted by molar-refractivity contribution is -0.131. The number of aliphatic carboxylic acids is 1. The molecule has 0 saturated heterocycles. The van der Waals surface area contributed by atoms with Gasteiger partial charge in [-0.2, -0.15) is 0 Å². The van der Waals surface area contributed by atoms with Crippen LogP contribution in [0.15, 0.2) is 60.7 Å². The summed E-state index contributed by atoms with van der Waals surface area (Å²) in [6.07, 6.45) is 1.44. The molecule has 1 unspecified atom stereocenters. The second-order valence-electron chi connectivity index (χ2n) is 6.65. The standard InChI is InChI=1S/C22H27NO4/c1-16(12-22(25)26)19-10-8-18(9-11-19)13-17(2)23-14-20(24)15-27-21-6-4-3-5-7-21/h3-12,17,20,23-24H,13-15H2,1-2H3,(H,25,26)/b16-12+/t17-,20?/m1/s1. The van der Waals surface area contributed by atoms with Crippen LogP contribution in [0.25, 0.3) is 5.57 Å². The molecule has 0 fully saturated rings. The molecule has 0 aliphatic heterocycles. The first-order valence-corrected chi connectivity index (χ1v) is 9.04. The molecular weight excluding hydrogens is 342 g/mol. The first-order chi connectivity index (χ1) is 12.9. The topological polar surface area (TPSA) is 78.8 Å². The summed E-state index contributed by atoms with van der Waals surface area (Å²) in [5.41, 5.74) is 2.77. The largest absolute Gasteiger partial charge is 0.491 e. The zero-order valence-electron chi connectivity index (χ0n) is 15.8. The van der Waals surface area contributed by atoms with Crippen LogP contribution < -0.4 is 10.1 Å². The van der Waals surface area contributed by atoms with Crippen LogP contribution in [0.3, 0.4) is 0 Å². The van der Waals surface area contributed by atoms with Crippen molar-refractivity contribution in [3.05, 3.63) is 71.8 Å². The fraction of sp³-hybridized carbons (Fsp3) is 0.318. The van der Waals surface area contributed by atoms with Gasteiger partial charge in [-0.3, -0.25) is 0 Å². The van der Waals surface area contributed by atoms with Gasteiger partial charge in [0.1, 0.15) is 18.5 Å². The summed E-state index contributed by atoms with van der Waals surface area (Å²) < 4.78 is 5.54. The van der Waals surface area contributed by atoms with E-state index in [1.807, 2.05) is 54.6 Å². The van der Waals surface area contributed by atoms with Gasteiger partial charge in [-0.05, 0) is 49.1 Å². The molecule has 0 saturated carbocycles. The number of carbonyl (C=O) groups is 1. The van der Waals surface area contributed by atoms with Crippen LogP contribution in [0.1, 0.15) is 25.0 Å². The van der Waals surface area contributed by atoms with E-state index in [2.05, 4.69) is 12.2 Å². The molecule has 2 atom stereocenters. The van der Waals surface area contributed by atoms with Gasteiger partial charge in [0.15, 0.2) is 0 Å². The van der Waals surface area contributed by atoms with Crippen molar-refractivity contribution in [2.75, 3.05) is 13.2 Å². The fourth-order valence-electron chi connectivity index (χ4n) is 2.70. The van der Waals surface area contributed by atoms with Crippen molar-refractivity contribution < 1.29 is 19.7 Å². The van der Waals surface area contributed by atoms with E-state index in [9.17, 15) is 9.90 Å². The average Bonchev–Trinajstić information content (AvgIpc) is 2.65. The average molecular weight is 369 g/mol. The van der Waals surface area contributed by atoms with E-state index < -0.39 is 12.1 Å². The third kappa shape index (κ3) is 7.64. The second-order valence-corrected chi connectivity index (χ2v) is 6.65. The zero-order chi connectivity index (χ0) is 19.6. The van der Waals surface area contributed by atoms with Gasteiger partial charge in [0.25, 0.3) is 0 Å². The van der Waals surface area contributed by atoms with Crippen LogP contribution in [0.5, 0.6) is 5.75 Å². The smallest absolute Gasteiger partial charge is 0.328 e. The molecule has 0 bridgehead atoms.